The average Bonchev–Trinajstić information content (AvgIpc) is 3.73. The number of ether oxygens (including phenoxy) is 5. The number of amides is 1. The molecule has 1 amide bonds. The number of likely N-dealkylation sites (tertiary alicyclic amines) is 1. The smallest absolute Gasteiger partial charge is 0.407 e. The monoisotopic (exact) mass is 759 g/mol. The minimum atomic E-state index is -0.318. The molecular formula is C46H82N2O6. The lowest BCUT2D eigenvalue weighted by molar-refractivity contribution is -0.0559. The van der Waals surface area contributed by atoms with Gasteiger partial charge in [0.25, 0.3) is 0 Å². The maximum absolute atomic E-state index is 12.7. The summed E-state index contributed by atoms with van der Waals surface area (Å²) < 4.78 is 29.7. The topological polar surface area (TPSA) is 78.5 Å². The number of carbonyl (C=O) groups excluding carboxylic acids is 1. The molecule has 1 heterocycles. The van der Waals surface area contributed by atoms with Crippen molar-refractivity contribution in [2.75, 3.05) is 65.9 Å². The lowest BCUT2D eigenvalue weighted by atomic mass is 9.47. The molecule has 5 rings (SSSR count). The van der Waals surface area contributed by atoms with Crippen molar-refractivity contribution in [2.24, 2.45) is 34.5 Å². The van der Waals surface area contributed by atoms with Gasteiger partial charge in [-0.3, -0.25) is 4.90 Å². The molecule has 312 valence electrons. The molecule has 8 heteroatoms. The number of hydrogen-bond acceptors (Lipinski definition) is 7. The molecule has 3 saturated carbocycles. The van der Waals surface area contributed by atoms with E-state index in [0.29, 0.717) is 57.6 Å². The van der Waals surface area contributed by atoms with E-state index in [2.05, 4.69) is 50.9 Å². The predicted octanol–water partition coefficient (Wildman–Crippen LogP) is 10.1. The molecule has 9 atom stereocenters. The maximum Gasteiger partial charge on any atom is 0.407 e. The summed E-state index contributed by atoms with van der Waals surface area (Å²) in [4.78, 5) is 15.3. The Morgan fingerprint density at radius 2 is 1.63 bits per heavy atom. The van der Waals surface area contributed by atoms with E-state index >= 15 is 0 Å². The van der Waals surface area contributed by atoms with Crippen LogP contribution in [0.5, 0.6) is 0 Å². The van der Waals surface area contributed by atoms with E-state index < -0.39 is 0 Å². The van der Waals surface area contributed by atoms with Crippen LogP contribution in [0, 0.1) is 34.5 Å². The van der Waals surface area contributed by atoms with E-state index in [0.717, 1.165) is 69.1 Å². The van der Waals surface area contributed by atoms with Gasteiger partial charge in [0.2, 0.25) is 0 Å². The first-order chi connectivity index (χ1) is 26.3. The fourth-order valence-corrected chi connectivity index (χ4v) is 11.7. The van der Waals surface area contributed by atoms with E-state index in [1.807, 2.05) is 0 Å². The lowest BCUT2D eigenvalue weighted by Gasteiger charge is -2.58. The third kappa shape index (κ3) is 12.2. The first-order valence-corrected chi connectivity index (χ1v) is 23.0. The SMILES string of the molecule is CCCCCCCOCC(CN1CCCC1C)OCCOCCOCCNC(=O)OC1CCC2(C)C(=CCC3C2CCC2(C)C(CCCCC)CCC32)C1. The van der Waals surface area contributed by atoms with Crippen LogP contribution in [0.25, 0.3) is 0 Å². The van der Waals surface area contributed by atoms with Crippen LogP contribution >= 0.6 is 0 Å². The van der Waals surface area contributed by atoms with Gasteiger partial charge in [0.15, 0.2) is 0 Å². The highest BCUT2D eigenvalue weighted by Crippen LogP contribution is 2.66. The van der Waals surface area contributed by atoms with Crippen LogP contribution < -0.4 is 5.32 Å². The molecule has 1 N–H and O–H groups in total. The molecule has 0 radical (unpaired) electrons. The summed E-state index contributed by atoms with van der Waals surface area (Å²) in [5, 5.41) is 2.92. The minimum Gasteiger partial charge on any atom is -0.446 e. The largest absolute Gasteiger partial charge is 0.446 e. The Morgan fingerprint density at radius 3 is 2.43 bits per heavy atom. The van der Waals surface area contributed by atoms with Crippen molar-refractivity contribution < 1.29 is 28.5 Å². The predicted molar refractivity (Wildman–Crippen MR) is 219 cm³/mol. The number of alkyl carbamates (subject to hydrolysis) is 1. The molecule has 4 aliphatic carbocycles. The van der Waals surface area contributed by atoms with E-state index in [1.54, 1.807) is 5.57 Å². The van der Waals surface area contributed by atoms with Gasteiger partial charge < -0.3 is 29.0 Å². The number of hydrogen-bond donors (Lipinski definition) is 1. The Kier molecular flexibility index (Phi) is 18.4. The third-order valence-corrected chi connectivity index (χ3v) is 15.0. The van der Waals surface area contributed by atoms with Crippen LogP contribution in [-0.2, 0) is 23.7 Å². The average molecular weight is 759 g/mol. The maximum atomic E-state index is 12.7. The Hall–Kier alpha value is -1.19. The summed E-state index contributed by atoms with van der Waals surface area (Å²) in [5.41, 5.74) is 2.40. The molecule has 0 aromatic rings. The third-order valence-electron chi connectivity index (χ3n) is 15.0. The van der Waals surface area contributed by atoms with Crippen molar-refractivity contribution in [3.63, 3.8) is 0 Å². The number of unbranched alkanes of at least 4 members (excludes halogenated alkanes) is 6. The van der Waals surface area contributed by atoms with Gasteiger partial charge in [-0.15, -0.1) is 0 Å². The van der Waals surface area contributed by atoms with Gasteiger partial charge in [-0.25, -0.2) is 4.79 Å². The second-order valence-electron chi connectivity index (χ2n) is 18.5. The van der Waals surface area contributed by atoms with E-state index in [1.165, 1.54) is 96.3 Å². The molecule has 9 unspecified atom stereocenters. The van der Waals surface area contributed by atoms with Crippen LogP contribution in [-0.4, -0.2) is 95.1 Å². The lowest BCUT2D eigenvalue weighted by Crippen LogP contribution is -2.50. The van der Waals surface area contributed by atoms with Crippen molar-refractivity contribution in [3.8, 4) is 0 Å². The first kappa shape index (κ1) is 43.9. The summed E-state index contributed by atoms with van der Waals surface area (Å²) in [6.07, 6.45) is 26.6. The summed E-state index contributed by atoms with van der Waals surface area (Å²) in [5.74, 6) is 3.47. The summed E-state index contributed by atoms with van der Waals surface area (Å²) in [6, 6.07) is 0.620. The van der Waals surface area contributed by atoms with Crippen molar-refractivity contribution >= 4 is 6.09 Å². The van der Waals surface area contributed by atoms with Crippen molar-refractivity contribution in [1.82, 2.24) is 10.2 Å². The number of nitrogens with one attached hydrogen (secondary N) is 1. The molecule has 0 spiro atoms. The van der Waals surface area contributed by atoms with Crippen LogP contribution in [0.1, 0.15) is 157 Å². The minimum absolute atomic E-state index is 0.0267. The second kappa shape index (κ2) is 22.7. The van der Waals surface area contributed by atoms with Crippen LogP contribution in [0.15, 0.2) is 11.6 Å². The Bertz CT molecular complexity index is 1120. The van der Waals surface area contributed by atoms with Crippen LogP contribution in [0.3, 0.4) is 0 Å². The molecule has 4 fully saturated rings. The number of rotatable bonds is 25. The van der Waals surface area contributed by atoms with E-state index in [9.17, 15) is 4.79 Å². The van der Waals surface area contributed by atoms with Crippen molar-refractivity contribution in [2.45, 2.75) is 175 Å². The summed E-state index contributed by atoms with van der Waals surface area (Å²) >= 11 is 0. The zero-order valence-corrected chi connectivity index (χ0v) is 35.5. The Labute approximate surface area is 330 Å². The molecule has 8 nitrogen and oxygen atoms in total. The highest BCUT2D eigenvalue weighted by molar-refractivity contribution is 5.67. The fraction of sp³-hybridized carbons (Fsp3) is 0.935. The zero-order chi connectivity index (χ0) is 38.2. The molecule has 0 aromatic heterocycles. The molecule has 1 aliphatic heterocycles. The van der Waals surface area contributed by atoms with Crippen molar-refractivity contribution in [1.29, 1.82) is 0 Å². The standard InChI is InChI=1S/C46H82N2O6/c1-6-8-10-11-13-27-52-35-40(34-48-26-14-15-36(48)3)53-32-31-51-30-29-50-28-25-47-44(49)54-39-21-23-46(5)38(33-39)17-19-41-42-20-18-37(16-12-9-7-2)45(42,4)24-22-43(41)46/h17,36-37,39-43H,6-16,18-35H2,1-5H3,(H,47,49). The van der Waals surface area contributed by atoms with Gasteiger partial charge in [-0.1, -0.05) is 84.3 Å². The fourth-order valence-electron chi connectivity index (χ4n) is 11.7. The highest BCUT2D eigenvalue weighted by atomic mass is 16.6. The second-order valence-corrected chi connectivity index (χ2v) is 18.5. The normalized spacial score (nSPS) is 32.8. The van der Waals surface area contributed by atoms with Gasteiger partial charge >= 0.3 is 6.09 Å². The van der Waals surface area contributed by atoms with Gasteiger partial charge in [-0.2, -0.15) is 0 Å². The highest BCUT2D eigenvalue weighted by Gasteiger charge is 2.58. The van der Waals surface area contributed by atoms with E-state index in [4.69, 9.17) is 23.7 Å². The van der Waals surface area contributed by atoms with Crippen molar-refractivity contribution in [3.05, 3.63) is 11.6 Å². The number of carbonyl (C=O) groups is 1. The summed E-state index contributed by atoms with van der Waals surface area (Å²) in [6.45, 7) is 18.6. The molecule has 1 saturated heterocycles. The molecular weight excluding hydrogens is 677 g/mol. The first-order valence-electron chi connectivity index (χ1n) is 23.0. The van der Waals surface area contributed by atoms with Crippen LogP contribution in [0.2, 0.25) is 0 Å². The summed E-state index contributed by atoms with van der Waals surface area (Å²) in [7, 11) is 0. The number of allylic oxidation sites excluding steroid dienone is 1. The quantitative estimate of drug-likeness (QED) is 0.0734. The van der Waals surface area contributed by atoms with Gasteiger partial charge in [0.05, 0.1) is 45.7 Å². The molecule has 54 heavy (non-hydrogen) atoms. The number of fused-ring (bicyclic) bond motifs is 5. The zero-order valence-electron chi connectivity index (χ0n) is 35.5. The van der Waals surface area contributed by atoms with Gasteiger partial charge in [0, 0.05) is 32.2 Å². The Balaban J connectivity index is 0.912. The van der Waals surface area contributed by atoms with Gasteiger partial charge in [-0.05, 0) is 119 Å². The van der Waals surface area contributed by atoms with E-state index in [-0.39, 0.29) is 23.7 Å². The number of nitrogens with zero attached hydrogens (tertiary/aromatic N) is 1. The Morgan fingerprint density at radius 1 is 0.852 bits per heavy atom. The van der Waals surface area contributed by atoms with Gasteiger partial charge in [0.1, 0.15) is 6.10 Å². The molecule has 5 aliphatic rings. The van der Waals surface area contributed by atoms with Crippen LogP contribution in [0.4, 0.5) is 4.79 Å². The molecule has 0 aromatic carbocycles. The molecule has 0 bridgehead atoms.